The van der Waals surface area contributed by atoms with Crippen LogP contribution in [0.5, 0.6) is 0 Å². The van der Waals surface area contributed by atoms with Gasteiger partial charge in [-0.3, -0.25) is 9.10 Å². The topological polar surface area (TPSA) is 66.5 Å². The number of halogens is 1. The van der Waals surface area contributed by atoms with Crippen molar-refractivity contribution in [2.45, 2.75) is 0 Å². The monoisotopic (exact) mass is 382 g/mol. The van der Waals surface area contributed by atoms with E-state index in [0.29, 0.717) is 21.4 Å². The number of benzene rings is 2. The quantitative estimate of drug-likeness (QED) is 0.883. The predicted octanol–water partition coefficient (Wildman–Crippen LogP) is 3.10. The molecule has 0 fully saturated rings. The number of sulfonamides is 1. The van der Waals surface area contributed by atoms with Gasteiger partial charge in [0, 0.05) is 11.5 Å². The summed E-state index contributed by atoms with van der Waals surface area (Å²) in [7, 11) is -1.97. The second kappa shape index (κ2) is 6.50. The van der Waals surface area contributed by atoms with Crippen molar-refractivity contribution in [2.75, 3.05) is 22.9 Å². The van der Waals surface area contributed by atoms with Crippen LogP contribution in [0.2, 0.25) is 0 Å². The number of para-hydroxylation sites is 2. The number of carbonyl (C=O) groups excluding carboxylic acids is 1. The molecule has 2 rings (SSSR count). The first-order valence-corrected chi connectivity index (χ1v) is 9.03. The fourth-order valence-electron chi connectivity index (χ4n) is 1.87. The summed E-state index contributed by atoms with van der Waals surface area (Å²) in [6, 6.07) is 13.8. The predicted molar refractivity (Wildman–Crippen MR) is 91.8 cm³/mol. The maximum Gasteiger partial charge on any atom is 0.256 e. The second-order valence-corrected chi connectivity index (χ2v) is 7.55. The number of hydrogen-bond donors (Lipinski definition) is 1. The normalized spacial score (nSPS) is 11.0. The van der Waals surface area contributed by atoms with Crippen LogP contribution in [0.1, 0.15) is 10.4 Å². The molecule has 0 radical (unpaired) electrons. The lowest BCUT2D eigenvalue weighted by Crippen LogP contribution is -2.26. The van der Waals surface area contributed by atoms with Gasteiger partial charge in [0.1, 0.15) is 0 Å². The van der Waals surface area contributed by atoms with Crippen molar-refractivity contribution in [1.82, 2.24) is 0 Å². The molecule has 0 unspecified atom stereocenters. The van der Waals surface area contributed by atoms with Crippen LogP contribution in [0.4, 0.5) is 11.4 Å². The minimum Gasteiger partial charge on any atom is -0.320 e. The summed E-state index contributed by atoms with van der Waals surface area (Å²) < 4.78 is 25.2. The third-order valence-corrected chi connectivity index (χ3v) is 4.99. The molecule has 0 heterocycles. The van der Waals surface area contributed by atoms with Crippen LogP contribution in [-0.2, 0) is 10.0 Å². The molecule has 0 bridgehead atoms. The summed E-state index contributed by atoms with van der Waals surface area (Å²) >= 11 is 3.32. The van der Waals surface area contributed by atoms with Crippen molar-refractivity contribution >= 4 is 43.2 Å². The maximum atomic E-state index is 12.4. The Morgan fingerprint density at radius 1 is 1.09 bits per heavy atom. The number of nitrogens with zero attached hydrogens (tertiary/aromatic N) is 1. The Balaban J connectivity index is 2.35. The first kappa shape index (κ1) is 16.5. The summed E-state index contributed by atoms with van der Waals surface area (Å²) in [5.74, 6) is -0.318. The molecule has 2 aromatic carbocycles. The highest BCUT2D eigenvalue weighted by molar-refractivity contribution is 9.10. The number of hydrogen-bond acceptors (Lipinski definition) is 3. The maximum absolute atomic E-state index is 12.4. The lowest BCUT2D eigenvalue weighted by atomic mass is 10.2. The smallest absolute Gasteiger partial charge is 0.256 e. The number of nitrogens with one attached hydrogen (secondary N) is 1. The molecular formula is C15H15BrN2O3S. The van der Waals surface area contributed by atoms with Gasteiger partial charge in [-0.1, -0.05) is 24.3 Å². The average molecular weight is 383 g/mol. The molecule has 22 heavy (non-hydrogen) atoms. The van der Waals surface area contributed by atoms with Gasteiger partial charge in [-0.25, -0.2) is 8.42 Å². The van der Waals surface area contributed by atoms with Crippen molar-refractivity contribution in [3.8, 4) is 0 Å². The van der Waals surface area contributed by atoms with E-state index in [0.717, 1.165) is 10.6 Å². The van der Waals surface area contributed by atoms with E-state index in [-0.39, 0.29) is 5.91 Å². The van der Waals surface area contributed by atoms with E-state index in [4.69, 9.17) is 0 Å². The SMILES string of the molecule is CN(c1ccccc1NC(=O)c1ccccc1Br)S(C)(=O)=O. The van der Waals surface area contributed by atoms with E-state index in [2.05, 4.69) is 21.2 Å². The van der Waals surface area contributed by atoms with E-state index in [9.17, 15) is 13.2 Å². The number of carbonyl (C=O) groups is 1. The highest BCUT2D eigenvalue weighted by Gasteiger charge is 2.17. The van der Waals surface area contributed by atoms with Crippen LogP contribution in [0.3, 0.4) is 0 Å². The highest BCUT2D eigenvalue weighted by Crippen LogP contribution is 2.27. The van der Waals surface area contributed by atoms with Crippen molar-refractivity contribution in [3.05, 3.63) is 58.6 Å². The van der Waals surface area contributed by atoms with E-state index in [1.165, 1.54) is 7.05 Å². The molecule has 0 spiro atoms. The van der Waals surface area contributed by atoms with Crippen LogP contribution in [-0.4, -0.2) is 27.6 Å². The molecule has 1 N–H and O–H groups in total. The number of anilines is 2. The summed E-state index contributed by atoms with van der Waals surface area (Å²) in [6.07, 6.45) is 1.11. The molecule has 5 nitrogen and oxygen atoms in total. The van der Waals surface area contributed by atoms with Gasteiger partial charge in [0.2, 0.25) is 10.0 Å². The zero-order valence-electron chi connectivity index (χ0n) is 12.1. The third-order valence-electron chi connectivity index (χ3n) is 3.11. The lowest BCUT2D eigenvalue weighted by Gasteiger charge is -2.20. The van der Waals surface area contributed by atoms with Crippen LogP contribution in [0, 0.1) is 0 Å². The third kappa shape index (κ3) is 3.66. The molecule has 7 heteroatoms. The summed E-state index contributed by atoms with van der Waals surface area (Å²) in [6.45, 7) is 0. The van der Waals surface area contributed by atoms with E-state index >= 15 is 0 Å². The lowest BCUT2D eigenvalue weighted by molar-refractivity contribution is 0.102. The van der Waals surface area contributed by atoms with E-state index < -0.39 is 10.0 Å². The Hall–Kier alpha value is -1.86. The molecular weight excluding hydrogens is 368 g/mol. The average Bonchev–Trinajstić information content (AvgIpc) is 2.46. The Morgan fingerprint density at radius 2 is 1.68 bits per heavy atom. The van der Waals surface area contributed by atoms with Gasteiger partial charge in [-0.05, 0) is 40.2 Å². The molecule has 0 aliphatic rings. The molecule has 1 amide bonds. The molecule has 0 saturated heterocycles. The molecule has 0 aliphatic carbocycles. The molecule has 0 atom stereocenters. The van der Waals surface area contributed by atoms with Crippen LogP contribution in [0.15, 0.2) is 53.0 Å². The van der Waals surface area contributed by atoms with Crippen molar-refractivity contribution in [2.24, 2.45) is 0 Å². The Bertz CT molecular complexity index is 806. The molecule has 0 aliphatic heterocycles. The minimum atomic E-state index is -3.41. The zero-order valence-corrected chi connectivity index (χ0v) is 14.5. The second-order valence-electron chi connectivity index (χ2n) is 4.68. The summed E-state index contributed by atoms with van der Waals surface area (Å²) in [5, 5.41) is 2.75. The molecule has 0 aromatic heterocycles. The molecule has 0 saturated carbocycles. The van der Waals surface area contributed by atoms with Crippen molar-refractivity contribution < 1.29 is 13.2 Å². The van der Waals surface area contributed by atoms with Crippen molar-refractivity contribution in [3.63, 3.8) is 0 Å². The first-order valence-electron chi connectivity index (χ1n) is 6.39. The fourth-order valence-corrected chi connectivity index (χ4v) is 2.85. The van der Waals surface area contributed by atoms with Gasteiger partial charge in [0.25, 0.3) is 5.91 Å². The first-order chi connectivity index (χ1) is 10.3. The number of amides is 1. The van der Waals surface area contributed by atoms with E-state index in [1.807, 2.05) is 6.07 Å². The number of rotatable bonds is 4. The molecule has 2 aromatic rings. The van der Waals surface area contributed by atoms with Gasteiger partial charge in [0.05, 0.1) is 23.2 Å². The largest absolute Gasteiger partial charge is 0.320 e. The van der Waals surface area contributed by atoms with Gasteiger partial charge in [-0.15, -0.1) is 0 Å². The highest BCUT2D eigenvalue weighted by atomic mass is 79.9. The van der Waals surface area contributed by atoms with Crippen LogP contribution >= 0.6 is 15.9 Å². The summed E-state index contributed by atoms with van der Waals surface area (Å²) in [5.41, 5.74) is 1.31. The van der Waals surface area contributed by atoms with Gasteiger partial charge >= 0.3 is 0 Å². The van der Waals surface area contributed by atoms with Gasteiger partial charge in [-0.2, -0.15) is 0 Å². The van der Waals surface area contributed by atoms with Gasteiger partial charge < -0.3 is 5.32 Å². The van der Waals surface area contributed by atoms with Gasteiger partial charge in [0.15, 0.2) is 0 Å². The Labute approximate surface area is 138 Å². The van der Waals surface area contributed by atoms with E-state index in [1.54, 1.807) is 42.5 Å². The van der Waals surface area contributed by atoms with Crippen LogP contribution < -0.4 is 9.62 Å². The Kier molecular flexibility index (Phi) is 4.87. The molecule has 116 valence electrons. The zero-order chi connectivity index (χ0) is 16.3. The van der Waals surface area contributed by atoms with Crippen LogP contribution in [0.25, 0.3) is 0 Å². The summed E-state index contributed by atoms with van der Waals surface area (Å²) in [4.78, 5) is 12.4. The fraction of sp³-hybridized carbons (Fsp3) is 0.133. The van der Waals surface area contributed by atoms with Crippen molar-refractivity contribution in [1.29, 1.82) is 0 Å². The standard InChI is InChI=1S/C15H15BrN2O3S/c1-18(22(2,20)21)14-10-6-5-9-13(14)17-15(19)11-7-3-4-8-12(11)16/h3-10H,1-2H3,(H,17,19). The minimum absolute atomic E-state index is 0.318. The Morgan fingerprint density at radius 3 is 2.32 bits per heavy atom.